The van der Waals surface area contributed by atoms with Crippen molar-refractivity contribution in [2.24, 2.45) is 5.92 Å². The minimum absolute atomic E-state index is 0.0788. The summed E-state index contributed by atoms with van der Waals surface area (Å²) in [6.45, 7) is 4.19. The number of thioether (sulfide) groups is 1. The molecule has 0 bridgehead atoms. The number of amides is 1. The van der Waals surface area contributed by atoms with E-state index in [0.29, 0.717) is 22.9 Å². The molecule has 3 rings (SSSR count). The Morgan fingerprint density at radius 2 is 1.96 bits per heavy atom. The molecule has 1 aliphatic rings. The minimum atomic E-state index is 0.0788. The second kappa shape index (κ2) is 8.48. The van der Waals surface area contributed by atoms with Gasteiger partial charge in [-0.15, -0.1) is 0 Å². The average molecular weight is 356 g/mol. The zero-order valence-electron chi connectivity index (χ0n) is 14.9. The Morgan fingerprint density at radius 3 is 2.72 bits per heavy atom. The van der Waals surface area contributed by atoms with Gasteiger partial charge in [-0.2, -0.15) is 0 Å². The van der Waals surface area contributed by atoms with Crippen molar-refractivity contribution in [2.45, 2.75) is 50.7 Å². The van der Waals surface area contributed by atoms with Crippen LogP contribution >= 0.6 is 11.8 Å². The summed E-state index contributed by atoms with van der Waals surface area (Å²) >= 11 is 1.41. The largest absolute Gasteiger partial charge is 0.352 e. The Kier molecular flexibility index (Phi) is 6.08. The molecule has 1 saturated carbocycles. The maximum Gasteiger partial charge on any atom is 0.230 e. The van der Waals surface area contributed by atoms with Gasteiger partial charge in [0.1, 0.15) is 0 Å². The van der Waals surface area contributed by atoms with Crippen LogP contribution in [0.2, 0.25) is 0 Å². The Morgan fingerprint density at radius 1 is 1.20 bits per heavy atom. The fraction of sp³-hybridized carbons (Fsp3) is 0.450. The number of hydrogen-bond acceptors (Lipinski definition) is 4. The van der Waals surface area contributed by atoms with Gasteiger partial charge >= 0.3 is 0 Å². The maximum absolute atomic E-state index is 12.3. The molecule has 1 amide bonds. The minimum Gasteiger partial charge on any atom is -0.352 e. The zero-order chi connectivity index (χ0) is 17.6. The zero-order valence-corrected chi connectivity index (χ0v) is 15.7. The number of nitrogens with zero attached hydrogens (tertiary/aromatic N) is 2. The van der Waals surface area contributed by atoms with Gasteiger partial charge in [0.25, 0.3) is 0 Å². The molecular formula is C20H25N3OS. The molecule has 0 saturated heterocycles. The van der Waals surface area contributed by atoms with E-state index < -0.39 is 0 Å². The fourth-order valence-corrected chi connectivity index (χ4v) is 3.99. The van der Waals surface area contributed by atoms with E-state index in [1.54, 1.807) is 0 Å². The molecule has 4 nitrogen and oxygen atoms in total. The summed E-state index contributed by atoms with van der Waals surface area (Å²) in [5.41, 5.74) is 2.88. The van der Waals surface area contributed by atoms with Gasteiger partial charge in [-0.05, 0) is 31.7 Å². The molecule has 1 aliphatic carbocycles. The van der Waals surface area contributed by atoms with Gasteiger partial charge in [-0.25, -0.2) is 9.97 Å². The molecule has 0 aliphatic heterocycles. The van der Waals surface area contributed by atoms with Crippen molar-refractivity contribution in [1.82, 2.24) is 15.3 Å². The number of carbonyl (C=O) groups is 1. The standard InChI is InChI=1S/C20H25N3OS/c1-14-8-6-7-11-17(14)22-19(24)13-25-20-21-15(2)12-18(23-20)16-9-4-3-5-10-16/h3-5,9-10,12,14,17H,6-8,11,13H2,1-2H3,(H,22,24)/t14-,17-/m0/s1. The number of carbonyl (C=O) groups excluding carboxylic acids is 1. The first kappa shape index (κ1) is 17.9. The van der Waals surface area contributed by atoms with E-state index in [4.69, 9.17) is 0 Å². The molecule has 0 unspecified atom stereocenters. The molecule has 0 radical (unpaired) electrons. The summed E-state index contributed by atoms with van der Waals surface area (Å²) in [6.07, 6.45) is 4.79. The monoisotopic (exact) mass is 355 g/mol. The quantitative estimate of drug-likeness (QED) is 0.644. The number of aromatic nitrogens is 2. The van der Waals surface area contributed by atoms with Gasteiger partial charge in [0.15, 0.2) is 5.16 Å². The highest BCUT2D eigenvalue weighted by Gasteiger charge is 2.22. The van der Waals surface area contributed by atoms with E-state index in [9.17, 15) is 4.79 Å². The molecule has 1 N–H and O–H groups in total. The van der Waals surface area contributed by atoms with Crippen LogP contribution in [-0.2, 0) is 4.79 Å². The maximum atomic E-state index is 12.3. The lowest BCUT2D eigenvalue weighted by molar-refractivity contribution is -0.119. The molecule has 5 heteroatoms. The molecule has 1 aromatic carbocycles. The summed E-state index contributed by atoms with van der Waals surface area (Å²) in [5, 5.41) is 3.84. The molecule has 1 fully saturated rings. The smallest absolute Gasteiger partial charge is 0.230 e. The second-order valence-electron chi connectivity index (χ2n) is 6.77. The third-order valence-corrected chi connectivity index (χ3v) is 5.54. The Bertz CT molecular complexity index is 720. The molecule has 2 atom stereocenters. The van der Waals surface area contributed by atoms with Crippen LogP contribution in [-0.4, -0.2) is 27.7 Å². The lowest BCUT2D eigenvalue weighted by atomic mass is 9.86. The topological polar surface area (TPSA) is 54.9 Å². The number of hydrogen-bond donors (Lipinski definition) is 1. The van der Waals surface area contributed by atoms with E-state index in [-0.39, 0.29) is 5.91 Å². The predicted molar refractivity (Wildman–Crippen MR) is 102 cm³/mol. The first-order valence-corrected chi connectivity index (χ1v) is 9.93. The van der Waals surface area contributed by atoms with E-state index in [0.717, 1.165) is 23.4 Å². The normalized spacial score (nSPS) is 20.2. The summed E-state index contributed by atoms with van der Waals surface area (Å²) in [6, 6.07) is 12.4. The van der Waals surface area contributed by atoms with Crippen LogP contribution in [0.15, 0.2) is 41.6 Å². The summed E-state index contributed by atoms with van der Waals surface area (Å²) in [5.74, 6) is 1.01. The highest BCUT2D eigenvalue weighted by atomic mass is 32.2. The number of rotatable bonds is 5. The molecule has 1 aromatic heterocycles. The van der Waals surface area contributed by atoms with Crippen LogP contribution < -0.4 is 5.32 Å². The first-order chi connectivity index (χ1) is 12.1. The third-order valence-electron chi connectivity index (χ3n) is 4.69. The predicted octanol–water partition coefficient (Wildman–Crippen LogP) is 4.24. The van der Waals surface area contributed by atoms with E-state index in [2.05, 4.69) is 22.2 Å². The van der Waals surface area contributed by atoms with E-state index in [1.807, 2.05) is 43.3 Å². The van der Waals surface area contributed by atoms with Gasteiger partial charge in [-0.1, -0.05) is 61.9 Å². The van der Waals surface area contributed by atoms with Crippen molar-refractivity contribution in [3.05, 3.63) is 42.1 Å². The summed E-state index contributed by atoms with van der Waals surface area (Å²) in [4.78, 5) is 21.4. The Labute approximate surface area is 153 Å². The van der Waals surface area contributed by atoms with Crippen molar-refractivity contribution >= 4 is 17.7 Å². The van der Waals surface area contributed by atoms with Crippen molar-refractivity contribution < 1.29 is 4.79 Å². The van der Waals surface area contributed by atoms with Crippen LogP contribution in [0.3, 0.4) is 0 Å². The number of nitrogens with one attached hydrogen (secondary N) is 1. The van der Waals surface area contributed by atoms with Crippen molar-refractivity contribution in [2.75, 3.05) is 5.75 Å². The summed E-state index contributed by atoms with van der Waals surface area (Å²) in [7, 11) is 0. The van der Waals surface area contributed by atoms with Gasteiger partial charge in [0.2, 0.25) is 5.91 Å². The fourth-order valence-electron chi connectivity index (χ4n) is 3.27. The summed E-state index contributed by atoms with van der Waals surface area (Å²) < 4.78 is 0. The van der Waals surface area contributed by atoms with E-state index >= 15 is 0 Å². The number of benzene rings is 1. The molecule has 1 heterocycles. The van der Waals surface area contributed by atoms with Crippen molar-refractivity contribution in [1.29, 1.82) is 0 Å². The molecular weight excluding hydrogens is 330 g/mol. The lowest BCUT2D eigenvalue weighted by Gasteiger charge is -2.29. The number of aryl methyl sites for hydroxylation is 1. The molecule has 132 valence electrons. The molecule has 25 heavy (non-hydrogen) atoms. The van der Waals surface area contributed by atoms with Crippen LogP contribution in [0.1, 0.15) is 38.3 Å². The molecule has 0 spiro atoms. The van der Waals surface area contributed by atoms with Crippen LogP contribution in [0, 0.1) is 12.8 Å². The Hall–Kier alpha value is -1.88. The Balaban J connectivity index is 1.61. The highest BCUT2D eigenvalue weighted by molar-refractivity contribution is 7.99. The highest BCUT2D eigenvalue weighted by Crippen LogP contribution is 2.24. The lowest BCUT2D eigenvalue weighted by Crippen LogP contribution is -2.41. The van der Waals surface area contributed by atoms with Gasteiger partial charge in [-0.3, -0.25) is 4.79 Å². The van der Waals surface area contributed by atoms with Crippen LogP contribution in [0.25, 0.3) is 11.3 Å². The first-order valence-electron chi connectivity index (χ1n) is 8.95. The van der Waals surface area contributed by atoms with Crippen LogP contribution in [0.5, 0.6) is 0 Å². The van der Waals surface area contributed by atoms with Gasteiger partial charge in [0.05, 0.1) is 11.4 Å². The van der Waals surface area contributed by atoms with Gasteiger partial charge < -0.3 is 5.32 Å². The van der Waals surface area contributed by atoms with Crippen molar-refractivity contribution in [3.63, 3.8) is 0 Å². The van der Waals surface area contributed by atoms with E-state index in [1.165, 1.54) is 31.0 Å². The SMILES string of the molecule is Cc1cc(-c2ccccc2)nc(SCC(=O)N[C@H]2CCCC[C@@H]2C)n1. The van der Waals surface area contributed by atoms with Crippen LogP contribution in [0.4, 0.5) is 0 Å². The average Bonchev–Trinajstić information content (AvgIpc) is 2.62. The third kappa shape index (κ3) is 5.05. The van der Waals surface area contributed by atoms with Gasteiger partial charge in [0, 0.05) is 17.3 Å². The second-order valence-corrected chi connectivity index (χ2v) is 7.71. The molecule has 2 aromatic rings. The van der Waals surface area contributed by atoms with Crippen molar-refractivity contribution in [3.8, 4) is 11.3 Å².